The third-order valence-corrected chi connectivity index (χ3v) is 3.82. The highest BCUT2D eigenvalue weighted by Crippen LogP contribution is 2.23. The van der Waals surface area contributed by atoms with Crippen LogP contribution in [0.2, 0.25) is 0 Å². The summed E-state index contributed by atoms with van der Waals surface area (Å²) in [5.41, 5.74) is 0. The van der Waals surface area contributed by atoms with Crippen LogP contribution in [0.5, 0.6) is 0 Å². The maximum Gasteiger partial charge on any atom is 0.0542 e. The molecule has 16 heavy (non-hydrogen) atoms. The van der Waals surface area contributed by atoms with Gasteiger partial charge in [-0.25, -0.2) is 0 Å². The maximum atomic E-state index is 9.08. The van der Waals surface area contributed by atoms with Crippen molar-refractivity contribution in [1.82, 2.24) is 0 Å². The van der Waals surface area contributed by atoms with Crippen molar-refractivity contribution in [3.8, 4) is 0 Å². The summed E-state index contributed by atoms with van der Waals surface area (Å²) in [6.45, 7) is 4.42. The quantitative estimate of drug-likeness (QED) is 0.669. The molecular weight excluding hydrogens is 200 g/mol. The van der Waals surface area contributed by atoms with Crippen molar-refractivity contribution in [3.05, 3.63) is 0 Å². The van der Waals surface area contributed by atoms with E-state index in [1.54, 1.807) is 0 Å². The van der Waals surface area contributed by atoms with Gasteiger partial charge >= 0.3 is 0 Å². The van der Waals surface area contributed by atoms with Crippen molar-refractivity contribution in [2.45, 2.75) is 77.4 Å². The molecule has 0 spiro atoms. The van der Waals surface area contributed by atoms with Crippen molar-refractivity contribution in [3.63, 3.8) is 0 Å². The van der Waals surface area contributed by atoms with E-state index in [2.05, 4.69) is 13.8 Å². The average molecular weight is 228 g/mol. The number of aliphatic hydroxyl groups excluding tert-OH is 2. The van der Waals surface area contributed by atoms with Crippen LogP contribution in [-0.2, 0) is 0 Å². The van der Waals surface area contributed by atoms with Gasteiger partial charge in [0.2, 0.25) is 0 Å². The zero-order valence-electron chi connectivity index (χ0n) is 10.9. The molecule has 2 N–H and O–H groups in total. The lowest BCUT2D eigenvalue weighted by molar-refractivity contribution is 0.106. The molecule has 0 heterocycles. The minimum atomic E-state index is 0.0127. The van der Waals surface area contributed by atoms with E-state index < -0.39 is 0 Å². The molecule has 2 saturated carbocycles. The van der Waals surface area contributed by atoms with Crippen molar-refractivity contribution in [1.29, 1.82) is 0 Å². The molecule has 4 atom stereocenters. The summed E-state index contributed by atoms with van der Waals surface area (Å²) in [7, 11) is 0. The van der Waals surface area contributed by atoms with E-state index in [4.69, 9.17) is 10.2 Å². The van der Waals surface area contributed by atoms with E-state index in [-0.39, 0.29) is 12.2 Å². The lowest BCUT2D eigenvalue weighted by Crippen LogP contribution is -2.16. The summed E-state index contributed by atoms with van der Waals surface area (Å²) in [6, 6.07) is 0. The molecule has 0 amide bonds. The fourth-order valence-electron chi connectivity index (χ4n) is 2.80. The number of aliphatic hydroxyl groups is 2. The molecule has 0 radical (unpaired) electrons. The minimum Gasteiger partial charge on any atom is -0.393 e. The first-order chi connectivity index (χ1) is 7.58. The van der Waals surface area contributed by atoms with E-state index in [1.165, 1.54) is 25.7 Å². The molecule has 2 aliphatic rings. The summed E-state index contributed by atoms with van der Waals surface area (Å²) < 4.78 is 0. The van der Waals surface area contributed by atoms with Crippen LogP contribution >= 0.6 is 0 Å². The standard InChI is InChI=1S/2C7H14O/c2*1-6-3-2-4-7(8)5-6/h2*6-8H,2-5H2,1H3/t2*6-,7+/m10/s1. The summed E-state index contributed by atoms with van der Waals surface area (Å²) >= 11 is 0. The summed E-state index contributed by atoms with van der Waals surface area (Å²) in [4.78, 5) is 0. The van der Waals surface area contributed by atoms with Gasteiger partial charge in [0.25, 0.3) is 0 Å². The van der Waals surface area contributed by atoms with Crippen molar-refractivity contribution in [2.24, 2.45) is 11.8 Å². The maximum absolute atomic E-state index is 9.08. The van der Waals surface area contributed by atoms with Gasteiger partial charge in [0.05, 0.1) is 12.2 Å². The third kappa shape index (κ3) is 5.86. The molecule has 0 aromatic carbocycles. The van der Waals surface area contributed by atoms with Gasteiger partial charge in [0.1, 0.15) is 0 Å². The monoisotopic (exact) mass is 228 g/mol. The Morgan fingerprint density at radius 2 is 1.06 bits per heavy atom. The van der Waals surface area contributed by atoms with Crippen LogP contribution in [0.25, 0.3) is 0 Å². The van der Waals surface area contributed by atoms with E-state index in [0.29, 0.717) is 0 Å². The number of hydrogen-bond acceptors (Lipinski definition) is 2. The van der Waals surface area contributed by atoms with E-state index in [1.807, 2.05) is 0 Å². The molecule has 0 aliphatic heterocycles. The van der Waals surface area contributed by atoms with Crippen LogP contribution in [0.3, 0.4) is 0 Å². The Hall–Kier alpha value is -0.0800. The highest BCUT2D eigenvalue weighted by atomic mass is 16.3. The van der Waals surface area contributed by atoms with Crippen LogP contribution in [0.15, 0.2) is 0 Å². The number of rotatable bonds is 0. The van der Waals surface area contributed by atoms with Gasteiger partial charge in [-0.15, -0.1) is 0 Å². The van der Waals surface area contributed by atoms with E-state index in [0.717, 1.165) is 37.5 Å². The van der Waals surface area contributed by atoms with Gasteiger partial charge in [-0.1, -0.05) is 39.5 Å². The molecule has 2 aliphatic carbocycles. The Morgan fingerprint density at radius 1 is 0.688 bits per heavy atom. The van der Waals surface area contributed by atoms with E-state index in [9.17, 15) is 0 Å². The predicted molar refractivity (Wildman–Crippen MR) is 67.3 cm³/mol. The zero-order chi connectivity index (χ0) is 12.0. The molecule has 96 valence electrons. The lowest BCUT2D eigenvalue weighted by Gasteiger charge is -2.21. The Bertz CT molecular complexity index is 146. The first-order valence-electron chi connectivity index (χ1n) is 6.94. The average Bonchev–Trinajstić information content (AvgIpc) is 2.17. The molecule has 2 nitrogen and oxygen atoms in total. The third-order valence-electron chi connectivity index (χ3n) is 3.82. The van der Waals surface area contributed by atoms with Crippen LogP contribution in [-0.4, -0.2) is 22.4 Å². The Balaban J connectivity index is 0.000000160. The van der Waals surface area contributed by atoms with E-state index >= 15 is 0 Å². The number of hydrogen-bond donors (Lipinski definition) is 2. The highest BCUT2D eigenvalue weighted by molar-refractivity contribution is 4.68. The summed E-state index contributed by atoms with van der Waals surface area (Å²) in [6.07, 6.45) is 9.23. The van der Waals surface area contributed by atoms with Crippen LogP contribution in [0, 0.1) is 11.8 Å². The van der Waals surface area contributed by atoms with Gasteiger partial charge in [0, 0.05) is 0 Å². The molecule has 2 fully saturated rings. The van der Waals surface area contributed by atoms with Gasteiger partial charge in [-0.2, -0.15) is 0 Å². The predicted octanol–water partition coefficient (Wildman–Crippen LogP) is 3.11. The molecule has 2 rings (SSSR count). The topological polar surface area (TPSA) is 40.5 Å². The largest absolute Gasteiger partial charge is 0.393 e. The second-order valence-electron chi connectivity index (χ2n) is 5.85. The first kappa shape index (κ1) is 14.0. The van der Waals surface area contributed by atoms with Crippen molar-refractivity contribution in [2.75, 3.05) is 0 Å². The van der Waals surface area contributed by atoms with Crippen molar-refractivity contribution >= 4 is 0 Å². The Kier molecular flexibility index (Phi) is 6.37. The van der Waals surface area contributed by atoms with Crippen LogP contribution < -0.4 is 0 Å². The molecule has 2 heteroatoms. The normalized spacial score (nSPS) is 39.8. The molecule has 0 aromatic heterocycles. The Morgan fingerprint density at radius 3 is 1.25 bits per heavy atom. The zero-order valence-corrected chi connectivity index (χ0v) is 10.9. The minimum absolute atomic E-state index is 0.0127. The molecule has 0 saturated heterocycles. The van der Waals surface area contributed by atoms with Crippen molar-refractivity contribution < 1.29 is 10.2 Å². The van der Waals surface area contributed by atoms with Crippen LogP contribution in [0.1, 0.15) is 65.2 Å². The second-order valence-corrected chi connectivity index (χ2v) is 5.85. The SMILES string of the molecule is C[C@@H]1CCC[C@H](O)C1.C[C@H]1CCC[C@@H](O)C1. The van der Waals surface area contributed by atoms with Gasteiger partial charge < -0.3 is 10.2 Å². The van der Waals surface area contributed by atoms with Gasteiger partial charge in [-0.3, -0.25) is 0 Å². The molecule has 0 unspecified atom stereocenters. The fraction of sp³-hybridized carbons (Fsp3) is 1.00. The summed E-state index contributed by atoms with van der Waals surface area (Å²) in [5.74, 6) is 1.53. The molecular formula is C14H28O2. The fourth-order valence-corrected chi connectivity index (χ4v) is 2.80. The lowest BCUT2D eigenvalue weighted by atomic mass is 9.89. The highest BCUT2D eigenvalue weighted by Gasteiger charge is 2.15. The molecule has 0 aromatic rings. The van der Waals surface area contributed by atoms with Gasteiger partial charge in [-0.05, 0) is 37.5 Å². The smallest absolute Gasteiger partial charge is 0.0542 e. The second kappa shape index (κ2) is 7.29. The Labute approximate surface area is 100 Å². The van der Waals surface area contributed by atoms with Gasteiger partial charge in [0.15, 0.2) is 0 Å². The van der Waals surface area contributed by atoms with Crippen LogP contribution in [0.4, 0.5) is 0 Å². The molecule has 0 bridgehead atoms. The summed E-state index contributed by atoms with van der Waals surface area (Å²) in [5, 5.41) is 18.2. The first-order valence-corrected chi connectivity index (χ1v) is 6.94.